The first-order valence-corrected chi connectivity index (χ1v) is 5.42. The molecule has 0 amide bonds. The standard InChI is InChI=1S/C11H16ClFN2/c1-7(2)3-9(14)5-11-10(13)4-8(12)6-15-11/h4,6-7,9H,3,5,14H2,1-2H3. The number of nitrogens with two attached hydrogens (primary N) is 1. The lowest BCUT2D eigenvalue weighted by Crippen LogP contribution is -2.25. The molecule has 0 fully saturated rings. The van der Waals surface area contributed by atoms with Crippen molar-refractivity contribution in [2.75, 3.05) is 0 Å². The van der Waals surface area contributed by atoms with Crippen LogP contribution in [0.2, 0.25) is 5.02 Å². The summed E-state index contributed by atoms with van der Waals surface area (Å²) in [7, 11) is 0. The van der Waals surface area contributed by atoms with Gasteiger partial charge >= 0.3 is 0 Å². The molecule has 4 heteroatoms. The Morgan fingerprint density at radius 1 is 1.53 bits per heavy atom. The molecule has 2 nitrogen and oxygen atoms in total. The normalized spacial score (nSPS) is 13.2. The van der Waals surface area contributed by atoms with E-state index in [-0.39, 0.29) is 11.9 Å². The van der Waals surface area contributed by atoms with Crippen LogP contribution in [0.1, 0.15) is 26.0 Å². The highest BCUT2D eigenvalue weighted by Gasteiger charge is 2.11. The molecule has 1 aromatic heterocycles. The summed E-state index contributed by atoms with van der Waals surface area (Å²) in [6.07, 6.45) is 2.77. The van der Waals surface area contributed by atoms with Crippen LogP contribution in [-0.4, -0.2) is 11.0 Å². The van der Waals surface area contributed by atoms with Crippen LogP contribution in [0.4, 0.5) is 4.39 Å². The minimum Gasteiger partial charge on any atom is -0.327 e. The smallest absolute Gasteiger partial charge is 0.146 e. The van der Waals surface area contributed by atoms with Crippen LogP contribution in [-0.2, 0) is 6.42 Å². The largest absolute Gasteiger partial charge is 0.327 e. The van der Waals surface area contributed by atoms with Gasteiger partial charge in [-0.1, -0.05) is 25.4 Å². The van der Waals surface area contributed by atoms with Crippen molar-refractivity contribution in [2.24, 2.45) is 11.7 Å². The molecule has 0 saturated carbocycles. The maximum atomic E-state index is 13.3. The molecular formula is C11H16ClFN2. The zero-order valence-corrected chi connectivity index (χ0v) is 9.76. The molecule has 2 N–H and O–H groups in total. The fourth-order valence-corrected chi connectivity index (χ4v) is 1.67. The van der Waals surface area contributed by atoms with E-state index in [0.29, 0.717) is 23.1 Å². The van der Waals surface area contributed by atoms with Crippen LogP contribution in [0.3, 0.4) is 0 Å². The highest BCUT2D eigenvalue weighted by molar-refractivity contribution is 6.30. The molecule has 1 rings (SSSR count). The van der Waals surface area contributed by atoms with Gasteiger partial charge in [0.15, 0.2) is 0 Å². The molecule has 0 spiro atoms. The summed E-state index contributed by atoms with van der Waals surface area (Å²) < 4.78 is 13.3. The third-order valence-electron chi connectivity index (χ3n) is 2.11. The Hall–Kier alpha value is -0.670. The minimum absolute atomic E-state index is 0.0480. The van der Waals surface area contributed by atoms with Gasteiger partial charge in [0, 0.05) is 18.7 Å². The number of pyridine rings is 1. The quantitative estimate of drug-likeness (QED) is 0.864. The molecule has 0 radical (unpaired) electrons. The summed E-state index contributed by atoms with van der Waals surface area (Å²) >= 11 is 5.60. The summed E-state index contributed by atoms with van der Waals surface area (Å²) in [6.45, 7) is 4.18. The van der Waals surface area contributed by atoms with Gasteiger partial charge in [-0.15, -0.1) is 0 Å². The fraction of sp³-hybridized carbons (Fsp3) is 0.545. The van der Waals surface area contributed by atoms with Crippen molar-refractivity contribution < 1.29 is 4.39 Å². The van der Waals surface area contributed by atoms with Gasteiger partial charge < -0.3 is 5.73 Å². The van der Waals surface area contributed by atoms with Gasteiger partial charge in [-0.2, -0.15) is 0 Å². The Balaban J connectivity index is 2.64. The zero-order valence-electron chi connectivity index (χ0n) is 9.00. The van der Waals surface area contributed by atoms with E-state index < -0.39 is 0 Å². The van der Waals surface area contributed by atoms with Crippen LogP contribution in [0.15, 0.2) is 12.3 Å². The molecule has 0 saturated heterocycles. The van der Waals surface area contributed by atoms with E-state index in [2.05, 4.69) is 18.8 Å². The van der Waals surface area contributed by atoms with Crippen LogP contribution in [0.5, 0.6) is 0 Å². The van der Waals surface area contributed by atoms with E-state index in [1.165, 1.54) is 12.3 Å². The van der Waals surface area contributed by atoms with Crippen molar-refractivity contribution >= 4 is 11.6 Å². The summed E-state index contributed by atoms with van der Waals surface area (Å²) in [5.74, 6) is 0.136. The first-order chi connectivity index (χ1) is 6.99. The Kier molecular flexibility index (Phi) is 4.48. The average molecular weight is 231 g/mol. The summed E-state index contributed by atoms with van der Waals surface area (Å²) in [4.78, 5) is 3.94. The lowest BCUT2D eigenvalue weighted by atomic mass is 10.0. The average Bonchev–Trinajstić information content (AvgIpc) is 2.08. The lowest BCUT2D eigenvalue weighted by Gasteiger charge is -2.13. The van der Waals surface area contributed by atoms with Crippen LogP contribution >= 0.6 is 11.6 Å². The van der Waals surface area contributed by atoms with Gasteiger partial charge in [0.2, 0.25) is 0 Å². The maximum absolute atomic E-state index is 13.3. The summed E-state index contributed by atoms with van der Waals surface area (Å²) in [5.41, 5.74) is 6.27. The van der Waals surface area contributed by atoms with Gasteiger partial charge in [0.05, 0.1) is 10.7 Å². The first kappa shape index (κ1) is 12.4. The molecule has 1 aromatic rings. The van der Waals surface area contributed by atoms with Gasteiger partial charge in [-0.25, -0.2) is 4.39 Å². The number of hydrogen-bond donors (Lipinski definition) is 1. The number of aromatic nitrogens is 1. The van der Waals surface area contributed by atoms with Crippen LogP contribution in [0.25, 0.3) is 0 Å². The third kappa shape index (κ3) is 4.14. The first-order valence-electron chi connectivity index (χ1n) is 5.04. The molecule has 84 valence electrons. The zero-order chi connectivity index (χ0) is 11.4. The van der Waals surface area contributed by atoms with Crippen molar-refractivity contribution in [3.8, 4) is 0 Å². The fourth-order valence-electron chi connectivity index (χ4n) is 1.53. The highest BCUT2D eigenvalue weighted by atomic mass is 35.5. The topological polar surface area (TPSA) is 38.9 Å². The van der Waals surface area contributed by atoms with E-state index in [0.717, 1.165) is 6.42 Å². The van der Waals surface area contributed by atoms with Gasteiger partial charge in [0.25, 0.3) is 0 Å². The minimum atomic E-state index is -0.373. The van der Waals surface area contributed by atoms with E-state index in [9.17, 15) is 4.39 Å². The predicted molar refractivity (Wildman–Crippen MR) is 60.3 cm³/mol. The molecular weight excluding hydrogens is 215 g/mol. The molecule has 0 aliphatic rings. The van der Waals surface area contributed by atoms with Crippen molar-refractivity contribution in [3.05, 3.63) is 28.8 Å². The molecule has 1 heterocycles. The second kappa shape index (κ2) is 5.42. The molecule has 0 bridgehead atoms. The monoisotopic (exact) mass is 230 g/mol. The van der Waals surface area contributed by atoms with Crippen molar-refractivity contribution in [1.29, 1.82) is 0 Å². The molecule has 0 aliphatic heterocycles. The Bertz CT molecular complexity index is 328. The molecule has 15 heavy (non-hydrogen) atoms. The second-order valence-corrected chi connectivity index (χ2v) is 4.61. The highest BCUT2D eigenvalue weighted by Crippen LogP contribution is 2.14. The van der Waals surface area contributed by atoms with Gasteiger partial charge in [-0.05, 0) is 18.4 Å². The third-order valence-corrected chi connectivity index (χ3v) is 2.32. The van der Waals surface area contributed by atoms with Crippen molar-refractivity contribution in [1.82, 2.24) is 4.98 Å². The Morgan fingerprint density at radius 2 is 2.20 bits per heavy atom. The van der Waals surface area contributed by atoms with E-state index in [1.807, 2.05) is 0 Å². The number of nitrogens with zero attached hydrogens (tertiary/aromatic N) is 1. The number of hydrogen-bond acceptors (Lipinski definition) is 2. The SMILES string of the molecule is CC(C)CC(N)Cc1ncc(Cl)cc1F. The molecule has 0 aliphatic carbocycles. The number of halogens is 2. The van der Waals surface area contributed by atoms with Gasteiger partial charge in [0.1, 0.15) is 5.82 Å². The lowest BCUT2D eigenvalue weighted by molar-refractivity contribution is 0.480. The van der Waals surface area contributed by atoms with Crippen molar-refractivity contribution in [3.63, 3.8) is 0 Å². The molecule has 0 aromatic carbocycles. The summed E-state index contributed by atoms with van der Waals surface area (Å²) in [5, 5.41) is 0.314. The molecule has 1 unspecified atom stereocenters. The number of rotatable bonds is 4. The predicted octanol–water partition coefficient (Wildman–Crippen LogP) is 2.79. The van der Waals surface area contributed by atoms with E-state index in [4.69, 9.17) is 17.3 Å². The summed E-state index contributed by atoms with van der Waals surface area (Å²) in [6, 6.07) is 1.22. The molecule has 1 atom stereocenters. The van der Waals surface area contributed by atoms with Crippen LogP contribution in [0, 0.1) is 11.7 Å². The van der Waals surface area contributed by atoms with Crippen molar-refractivity contribution in [2.45, 2.75) is 32.7 Å². The Labute approximate surface area is 94.6 Å². The van der Waals surface area contributed by atoms with E-state index >= 15 is 0 Å². The van der Waals surface area contributed by atoms with Crippen LogP contribution < -0.4 is 5.73 Å². The maximum Gasteiger partial charge on any atom is 0.146 e. The second-order valence-electron chi connectivity index (χ2n) is 4.18. The van der Waals surface area contributed by atoms with E-state index in [1.54, 1.807) is 0 Å². The Morgan fingerprint density at radius 3 is 2.73 bits per heavy atom. The van der Waals surface area contributed by atoms with Gasteiger partial charge in [-0.3, -0.25) is 4.98 Å².